The van der Waals surface area contributed by atoms with Crippen molar-refractivity contribution < 1.29 is 5.11 Å². The number of aliphatic hydroxyl groups excluding tert-OH is 1. The average Bonchev–Trinajstić information content (AvgIpc) is 2.87. The van der Waals surface area contributed by atoms with E-state index in [1.165, 1.54) is 51.7 Å². The predicted molar refractivity (Wildman–Crippen MR) is 61.9 cm³/mol. The van der Waals surface area contributed by atoms with Gasteiger partial charge in [0.25, 0.3) is 0 Å². The molecule has 2 fully saturated rings. The summed E-state index contributed by atoms with van der Waals surface area (Å²) in [6.45, 7) is 4.07. The van der Waals surface area contributed by atoms with Gasteiger partial charge in [-0.25, -0.2) is 0 Å². The minimum Gasteiger partial charge on any atom is -0.396 e. The van der Waals surface area contributed by atoms with E-state index in [-0.39, 0.29) is 0 Å². The Kier molecular flexibility index (Phi) is 4.42. The fourth-order valence-electron chi connectivity index (χ4n) is 2.98. The molecule has 0 aromatic carbocycles. The lowest BCUT2D eigenvalue weighted by atomic mass is 10.1. The van der Waals surface area contributed by atoms with Gasteiger partial charge in [-0.2, -0.15) is 0 Å². The zero-order valence-electron chi connectivity index (χ0n) is 9.62. The van der Waals surface area contributed by atoms with E-state index in [2.05, 4.69) is 10.2 Å². The van der Waals surface area contributed by atoms with E-state index in [0.29, 0.717) is 6.61 Å². The molecule has 0 aliphatic carbocycles. The van der Waals surface area contributed by atoms with E-state index in [1.54, 1.807) is 0 Å². The number of hydrogen-bond donors (Lipinski definition) is 2. The van der Waals surface area contributed by atoms with Crippen molar-refractivity contribution in [2.45, 2.75) is 50.6 Å². The molecule has 0 bridgehead atoms. The second kappa shape index (κ2) is 5.83. The average molecular weight is 212 g/mol. The second-order valence-corrected chi connectivity index (χ2v) is 4.95. The Morgan fingerprint density at radius 2 is 2.20 bits per heavy atom. The molecule has 3 heteroatoms. The lowest BCUT2D eigenvalue weighted by Crippen LogP contribution is -2.40. The maximum absolute atomic E-state index is 8.87. The summed E-state index contributed by atoms with van der Waals surface area (Å²) in [4.78, 5) is 2.64. The van der Waals surface area contributed by atoms with Crippen molar-refractivity contribution >= 4 is 0 Å². The van der Waals surface area contributed by atoms with Crippen LogP contribution in [0.15, 0.2) is 0 Å². The van der Waals surface area contributed by atoms with Gasteiger partial charge < -0.3 is 10.4 Å². The van der Waals surface area contributed by atoms with Gasteiger partial charge in [0, 0.05) is 25.2 Å². The number of hydrogen-bond acceptors (Lipinski definition) is 3. The van der Waals surface area contributed by atoms with Crippen LogP contribution in [0.2, 0.25) is 0 Å². The number of nitrogens with one attached hydrogen (secondary N) is 1. The van der Waals surface area contributed by atoms with Crippen LogP contribution in [0.25, 0.3) is 0 Å². The number of nitrogens with zero attached hydrogens (tertiary/aromatic N) is 1. The van der Waals surface area contributed by atoms with Gasteiger partial charge >= 0.3 is 0 Å². The smallest absolute Gasteiger partial charge is 0.0431 e. The third kappa shape index (κ3) is 3.16. The van der Waals surface area contributed by atoms with Crippen molar-refractivity contribution in [1.29, 1.82) is 0 Å². The molecule has 2 aliphatic heterocycles. The van der Waals surface area contributed by atoms with E-state index in [0.717, 1.165) is 18.5 Å². The molecule has 0 radical (unpaired) electrons. The first-order valence-corrected chi connectivity index (χ1v) is 6.48. The highest BCUT2D eigenvalue weighted by Gasteiger charge is 2.27. The predicted octanol–water partition coefficient (Wildman–Crippen LogP) is 0.975. The summed E-state index contributed by atoms with van der Waals surface area (Å²) in [6.07, 6.45) is 7.54. The number of aliphatic hydroxyl groups is 1. The first kappa shape index (κ1) is 11.4. The van der Waals surface area contributed by atoms with Crippen LogP contribution < -0.4 is 5.32 Å². The van der Waals surface area contributed by atoms with Gasteiger partial charge in [0.15, 0.2) is 0 Å². The Morgan fingerprint density at radius 3 is 2.93 bits per heavy atom. The summed E-state index contributed by atoms with van der Waals surface area (Å²) in [5.41, 5.74) is 0. The molecule has 3 nitrogen and oxygen atoms in total. The maximum Gasteiger partial charge on any atom is 0.0431 e. The summed E-state index contributed by atoms with van der Waals surface area (Å²) in [5, 5.41) is 12.4. The summed E-state index contributed by atoms with van der Waals surface area (Å²) < 4.78 is 0. The molecule has 2 N–H and O–H groups in total. The summed E-state index contributed by atoms with van der Waals surface area (Å²) in [5.74, 6) is 0. The van der Waals surface area contributed by atoms with Gasteiger partial charge in [0.1, 0.15) is 0 Å². The molecule has 0 aromatic rings. The highest BCUT2D eigenvalue weighted by Crippen LogP contribution is 2.22. The van der Waals surface area contributed by atoms with Gasteiger partial charge in [-0.05, 0) is 51.6 Å². The second-order valence-electron chi connectivity index (χ2n) is 4.95. The van der Waals surface area contributed by atoms with Gasteiger partial charge in [0.05, 0.1) is 0 Å². The minimum absolute atomic E-state index is 0.353. The Hall–Kier alpha value is -0.120. The quantitative estimate of drug-likeness (QED) is 0.713. The van der Waals surface area contributed by atoms with Crippen LogP contribution in [0.1, 0.15) is 38.5 Å². The first-order chi connectivity index (χ1) is 7.40. The van der Waals surface area contributed by atoms with Crippen molar-refractivity contribution in [3.63, 3.8) is 0 Å². The summed E-state index contributed by atoms with van der Waals surface area (Å²) >= 11 is 0. The molecule has 0 amide bonds. The van der Waals surface area contributed by atoms with Crippen LogP contribution in [-0.4, -0.2) is 48.3 Å². The van der Waals surface area contributed by atoms with Crippen molar-refractivity contribution in [2.75, 3.05) is 26.2 Å². The van der Waals surface area contributed by atoms with Crippen LogP contribution in [0.4, 0.5) is 0 Å². The van der Waals surface area contributed by atoms with Gasteiger partial charge in [-0.15, -0.1) is 0 Å². The zero-order valence-corrected chi connectivity index (χ0v) is 9.62. The fourth-order valence-corrected chi connectivity index (χ4v) is 2.98. The van der Waals surface area contributed by atoms with Gasteiger partial charge in [-0.3, -0.25) is 4.90 Å². The molecular weight excluding hydrogens is 188 g/mol. The van der Waals surface area contributed by atoms with Crippen molar-refractivity contribution in [2.24, 2.45) is 0 Å². The monoisotopic (exact) mass is 212 g/mol. The van der Waals surface area contributed by atoms with E-state index >= 15 is 0 Å². The fraction of sp³-hybridized carbons (Fsp3) is 1.00. The van der Waals surface area contributed by atoms with Crippen LogP contribution in [0.5, 0.6) is 0 Å². The van der Waals surface area contributed by atoms with E-state index in [4.69, 9.17) is 5.11 Å². The molecule has 2 atom stereocenters. The SMILES string of the molecule is OCCCC1CCCN1CC1CCCN1. The largest absolute Gasteiger partial charge is 0.396 e. The summed E-state index contributed by atoms with van der Waals surface area (Å²) in [6, 6.07) is 1.49. The van der Waals surface area contributed by atoms with Crippen LogP contribution in [-0.2, 0) is 0 Å². The lowest BCUT2D eigenvalue weighted by molar-refractivity contribution is 0.203. The molecule has 2 heterocycles. The standard InChI is InChI=1S/C12H24N2O/c15-9-3-6-12-5-2-8-14(12)10-11-4-1-7-13-11/h11-13,15H,1-10H2. The van der Waals surface area contributed by atoms with Crippen LogP contribution in [0, 0.1) is 0 Å². The Bertz CT molecular complexity index is 180. The molecule has 2 rings (SSSR count). The molecular formula is C12H24N2O. The van der Waals surface area contributed by atoms with Gasteiger partial charge in [0.2, 0.25) is 0 Å². The molecule has 0 spiro atoms. The van der Waals surface area contributed by atoms with Crippen molar-refractivity contribution in [1.82, 2.24) is 10.2 Å². The first-order valence-electron chi connectivity index (χ1n) is 6.48. The number of rotatable bonds is 5. The highest BCUT2D eigenvalue weighted by atomic mass is 16.2. The third-order valence-corrected chi connectivity index (χ3v) is 3.81. The van der Waals surface area contributed by atoms with Gasteiger partial charge in [-0.1, -0.05) is 0 Å². The molecule has 2 aliphatic rings. The Labute approximate surface area is 92.8 Å². The Morgan fingerprint density at radius 1 is 1.27 bits per heavy atom. The molecule has 88 valence electrons. The van der Waals surface area contributed by atoms with E-state index in [9.17, 15) is 0 Å². The molecule has 15 heavy (non-hydrogen) atoms. The Balaban J connectivity index is 1.74. The van der Waals surface area contributed by atoms with E-state index < -0.39 is 0 Å². The normalized spacial score (nSPS) is 32.6. The molecule has 0 saturated carbocycles. The van der Waals surface area contributed by atoms with Crippen LogP contribution >= 0.6 is 0 Å². The van der Waals surface area contributed by atoms with Crippen molar-refractivity contribution in [3.05, 3.63) is 0 Å². The molecule has 2 unspecified atom stereocenters. The highest BCUT2D eigenvalue weighted by molar-refractivity contribution is 4.85. The number of likely N-dealkylation sites (tertiary alicyclic amines) is 1. The molecule has 0 aromatic heterocycles. The third-order valence-electron chi connectivity index (χ3n) is 3.81. The summed E-state index contributed by atoms with van der Waals surface area (Å²) in [7, 11) is 0. The lowest BCUT2D eigenvalue weighted by Gasteiger charge is -2.27. The maximum atomic E-state index is 8.87. The van der Waals surface area contributed by atoms with Crippen LogP contribution in [0.3, 0.4) is 0 Å². The van der Waals surface area contributed by atoms with E-state index in [1.807, 2.05) is 0 Å². The topological polar surface area (TPSA) is 35.5 Å². The van der Waals surface area contributed by atoms with Crippen molar-refractivity contribution in [3.8, 4) is 0 Å². The zero-order chi connectivity index (χ0) is 10.5. The molecule has 2 saturated heterocycles. The minimum atomic E-state index is 0.353.